The van der Waals surface area contributed by atoms with Gasteiger partial charge in [0, 0.05) is 21.0 Å². The van der Waals surface area contributed by atoms with Crippen molar-refractivity contribution in [1.29, 1.82) is 0 Å². The summed E-state index contributed by atoms with van der Waals surface area (Å²) >= 11 is 3.76. The lowest BCUT2D eigenvalue weighted by molar-refractivity contribution is 0.627. The number of halogens is 1. The van der Waals surface area contributed by atoms with Gasteiger partial charge >= 0.3 is 0 Å². The molecule has 0 atom stereocenters. The van der Waals surface area contributed by atoms with Crippen molar-refractivity contribution in [1.82, 2.24) is 0 Å². The second-order valence-corrected chi connectivity index (χ2v) is 12.5. The van der Waals surface area contributed by atoms with Gasteiger partial charge in [-0.05, 0) is 87.0 Å². The number of anilines is 3. The van der Waals surface area contributed by atoms with E-state index in [1.54, 1.807) is 0 Å². The van der Waals surface area contributed by atoms with Crippen molar-refractivity contribution < 1.29 is 0 Å². The Bertz CT molecular complexity index is 1710. The van der Waals surface area contributed by atoms with Crippen molar-refractivity contribution >= 4 is 33.0 Å². The minimum Gasteiger partial charge on any atom is -0.310 e. The Hall–Kier alpha value is -3.62. The Morgan fingerprint density at radius 1 is 0.500 bits per heavy atom. The van der Waals surface area contributed by atoms with Gasteiger partial charge in [0.25, 0.3) is 0 Å². The quantitative estimate of drug-likeness (QED) is 0.209. The van der Waals surface area contributed by atoms with E-state index in [2.05, 4.69) is 158 Å². The molecule has 0 amide bonds. The zero-order chi connectivity index (χ0) is 26.2. The highest BCUT2D eigenvalue weighted by atomic mass is 79.9. The Morgan fingerprint density at radius 3 is 1.89 bits per heavy atom. The van der Waals surface area contributed by atoms with Crippen molar-refractivity contribution in [2.45, 2.75) is 38.5 Å². The van der Waals surface area contributed by atoms with Gasteiger partial charge < -0.3 is 4.90 Å². The van der Waals surface area contributed by atoms with Crippen molar-refractivity contribution in [3.8, 4) is 22.3 Å². The Kier molecular flexibility index (Phi) is 5.06. The molecule has 2 heteroatoms. The van der Waals surface area contributed by atoms with E-state index in [4.69, 9.17) is 0 Å². The molecule has 1 aliphatic carbocycles. The molecule has 0 aromatic heterocycles. The van der Waals surface area contributed by atoms with E-state index in [0.29, 0.717) is 0 Å². The summed E-state index contributed by atoms with van der Waals surface area (Å²) in [6.07, 6.45) is 0. The molecule has 2 aliphatic rings. The molecule has 0 N–H and O–H groups in total. The van der Waals surface area contributed by atoms with Gasteiger partial charge in [0.15, 0.2) is 0 Å². The molecular weight excluding hydrogens is 526 g/mol. The number of hydrogen-bond acceptors (Lipinski definition) is 1. The predicted octanol–water partition coefficient (Wildman–Crippen LogP) is 10.5. The van der Waals surface area contributed by atoms with E-state index in [0.717, 1.165) is 4.47 Å². The summed E-state index contributed by atoms with van der Waals surface area (Å²) in [5, 5.41) is 0. The third-order valence-corrected chi connectivity index (χ3v) is 9.21. The van der Waals surface area contributed by atoms with Crippen LogP contribution in [0.4, 0.5) is 17.1 Å². The van der Waals surface area contributed by atoms with Gasteiger partial charge in [-0.2, -0.15) is 0 Å². The normalized spacial score (nSPS) is 15.9. The number of nitrogens with zero attached hydrogens (tertiary/aromatic N) is 1. The summed E-state index contributed by atoms with van der Waals surface area (Å²) in [4.78, 5) is 2.47. The van der Waals surface area contributed by atoms with Gasteiger partial charge in [0.05, 0.1) is 11.4 Å². The lowest BCUT2D eigenvalue weighted by Crippen LogP contribution is -2.31. The van der Waals surface area contributed by atoms with Crippen LogP contribution in [0.1, 0.15) is 49.9 Å². The van der Waals surface area contributed by atoms with E-state index in [1.165, 1.54) is 61.6 Å². The van der Waals surface area contributed by atoms with E-state index in [-0.39, 0.29) is 10.8 Å². The summed E-state index contributed by atoms with van der Waals surface area (Å²) in [6.45, 7) is 9.46. The van der Waals surface area contributed by atoms with Gasteiger partial charge in [-0.15, -0.1) is 0 Å². The molecule has 1 nitrogen and oxygen atoms in total. The van der Waals surface area contributed by atoms with Crippen molar-refractivity contribution in [2.75, 3.05) is 4.90 Å². The van der Waals surface area contributed by atoms with E-state index >= 15 is 0 Å². The maximum Gasteiger partial charge on any atom is 0.0506 e. The van der Waals surface area contributed by atoms with Gasteiger partial charge in [-0.25, -0.2) is 0 Å². The smallest absolute Gasteiger partial charge is 0.0506 e. The third-order valence-electron chi connectivity index (χ3n) is 8.72. The predicted molar refractivity (Wildman–Crippen MR) is 164 cm³/mol. The molecule has 7 rings (SSSR count). The SMILES string of the molecule is CC1(C)c2ccccc2-c2cc3c(cc21)N(c1ccc(-c2ccccc2)cc1)c1ccc(Br)cc1C3(C)C. The first kappa shape index (κ1) is 23.5. The molecule has 0 saturated carbocycles. The molecule has 0 spiro atoms. The molecule has 1 heterocycles. The summed E-state index contributed by atoms with van der Waals surface area (Å²) < 4.78 is 1.11. The lowest BCUT2D eigenvalue weighted by atomic mass is 9.72. The third kappa shape index (κ3) is 3.29. The molecule has 5 aromatic rings. The molecule has 5 aromatic carbocycles. The molecule has 38 heavy (non-hydrogen) atoms. The fourth-order valence-electron chi connectivity index (χ4n) is 6.61. The fourth-order valence-corrected chi connectivity index (χ4v) is 6.97. The van der Waals surface area contributed by atoms with Crippen LogP contribution >= 0.6 is 15.9 Å². The van der Waals surface area contributed by atoms with Crippen LogP contribution < -0.4 is 4.90 Å². The second kappa shape index (κ2) is 8.19. The van der Waals surface area contributed by atoms with Gasteiger partial charge in [0.2, 0.25) is 0 Å². The van der Waals surface area contributed by atoms with Crippen LogP contribution in [0.15, 0.2) is 114 Å². The Morgan fingerprint density at radius 2 is 1.13 bits per heavy atom. The van der Waals surface area contributed by atoms with Crippen molar-refractivity contribution in [3.05, 3.63) is 136 Å². The molecule has 0 bridgehead atoms. The molecular formula is C36H30BrN. The monoisotopic (exact) mass is 555 g/mol. The zero-order valence-electron chi connectivity index (χ0n) is 22.2. The largest absolute Gasteiger partial charge is 0.310 e. The van der Waals surface area contributed by atoms with Gasteiger partial charge in [-0.3, -0.25) is 0 Å². The molecule has 186 valence electrons. The molecule has 0 unspecified atom stereocenters. The van der Waals surface area contributed by atoms with E-state index in [1.807, 2.05) is 0 Å². The Balaban J connectivity index is 1.47. The zero-order valence-corrected chi connectivity index (χ0v) is 23.8. The van der Waals surface area contributed by atoms with E-state index < -0.39 is 0 Å². The Labute approximate surface area is 233 Å². The summed E-state index contributed by atoms with van der Waals surface area (Å²) in [6, 6.07) is 40.2. The molecule has 0 radical (unpaired) electrons. The van der Waals surface area contributed by atoms with Crippen molar-refractivity contribution in [2.24, 2.45) is 0 Å². The average Bonchev–Trinajstić information content (AvgIpc) is 3.16. The maximum absolute atomic E-state index is 3.76. The lowest BCUT2D eigenvalue weighted by Gasteiger charge is -2.43. The highest BCUT2D eigenvalue weighted by Crippen LogP contribution is 2.57. The first-order chi connectivity index (χ1) is 18.3. The van der Waals surface area contributed by atoms with Crippen LogP contribution in [0.5, 0.6) is 0 Å². The average molecular weight is 557 g/mol. The summed E-state index contributed by atoms with van der Waals surface area (Å²) in [7, 11) is 0. The topological polar surface area (TPSA) is 3.24 Å². The molecule has 0 saturated heterocycles. The number of benzene rings is 5. The molecule has 1 aliphatic heterocycles. The summed E-state index contributed by atoms with van der Waals surface area (Å²) in [5.74, 6) is 0. The van der Waals surface area contributed by atoms with Crippen LogP contribution in [0.3, 0.4) is 0 Å². The van der Waals surface area contributed by atoms with Gasteiger partial charge in [0.1, 0.15) is 0 Å². The van der Waals surface area contributed by atoms with Crippen molar-refractivity contribution in [3.63, 3.8) is 0 Å². The van der Waals surface area contributed by atoms with Crippen LogP contribution in [0, 0.1) is 0 Å². The highest BCUT2D eigenvalue weighted by Gasteiger charge is 2.42. The standard InChI is InChI=1S/C36H30BrN/c1-35(2)29-13-9-8-12-27(29)28-21-32-34(22-30(28)35)38(33-19-16-25(37)20-31(33)36(32,3)4)26-17-14-24(15-18-26)23-10-6-5-7-11-23/h5-22H,1-4H3. The van der Waals surface area contributed by atoms with Gasteiger partial charge in [-0.1, -0.05) is 110 Å². The number of hydrogen-bond donors (Lipinski definition) is 0. The number of fused-ring (bicyclic) bond motifs is 5. The minimum absolute atomic E-state index is 0.0477. The minimum atomic E-state index is -0.147. The first-order valence-corrected chi connectivity index (χ1v) is 14.1. The second-order valence-electron chi connectivity index (χ2n) is 11.6. The van der Waals surface area contributed by atoms with Crippen LogP contribution in [-0.2, 0) is 10.8 Å². The maximum atomic E-state index is 3.76. The van der Waals surface area contributed by atoms with Crippen LogP contribution in [-0.4, -0.2) is 0 Å². The number of rotatable bonds is 2. The van der Waals surface area contributed by atoms with Crippen LogP contribution in [0.25, 0.3) is 22.3 Å². The van der Waals surface area contributed by atoms with E-state index in [9.17, 15) is 0 Å². The first-order valence-electron chi connectivity index (χ1n) is 13.3. The van der Waals surface area contributed by atoms with Crippen LogP contribution in [0.2, 0.25) is 0 Å². The highest BCUT2D eigenvalue weighted by molar-refractivity contribution is 9.10. The summed E-state index contributed by atoms with van der Waals surface area (Å²) in [5.41, 5.74) is 14.2. The fraction of sp³-hybridized carbons (Fsp3) is 0.167. The molecule has 0 fully saturated rings.